The van der Waals surface area contributed by atoms with E-state index in [1.54, 1.807) is 43.5 Å². The van der Waals surface area contributed by atoms with Crippen molar-refractivity contribution in [2.24, 2.45) is 0 Å². The van der Waals surface area contributed by atoms with Crippen molar-refractivity contribution in [1.29, 1.82) is 0 Å². The molecule has 0 fully saturated rings. The molecule has 0 spiro atoms. The molecule has 17 heavy (non-hydrogen) atoms. The van der Waals surface area contributed by atoms with Gasteiger partial charge in [0.25, 0.3) is 0 Å². The summed E-state index contributed by atoms with van der Waals surface area (Å²) in [4.78, 5) is 0. The van der Waals surface area contributed by atoms with Crippen LogP contribution in [0.4, 0.5) is 4.39 Å². The fourth-order valence-electron chi connectivity index (χ4n) is 1.68. The highest BCUT2D eigenvalue weighted by Crippen LogP contribution is 2.25. The summed E-state index contributed by atoms with van der Waals surface area (Å²) in [5, 5.41) is 10.1. The second-order valence-corrected chi connectivity index (χ2v) is 3.73. The van der Waals surface area contributed by atoms with Crippen molar-refractivity contribution >= 4 is 0 Å². The first-order valence-corrected chi connectivity index (χ1v) is 5.28. The molecule has 0 saturated heterocycles. The van der Waals surface area contributed by atoms with Crippen molar-refractivity contribution in [3.05, 3.63) is 65.5 Å². The van der Waals surface area contributed by atoms with Gasteiger partial charge in [0, 0.05) is 0 Å². The first-order valence-electron chi connectivity index (χ1n) is 5.28. The normalized spacial score (nSPS) is 12.2. The molecule has 2 aromatic rings. The van der Waals surface area contributed by atoms with Crippen LogP contribution in [0.15, 0.2) is 48.5 Å². The lowest BCUT2D eigenvalue weighted by Crippen LogP contribution is -2.00. The van der Waals surface area contributed by atoms with E-state index in [9.17, 15) is 9.50 Å². The van der Waals surface area contributed by atoms with Crippen molar-refractivity contribution in [2.45, 2.75) is 6.10 Å². The second kappa shape index (κ2) is 4.97. The summed E-state index contributed by atoms with van der Waals surface area (Å²) in [7, 11) is 1.56. The van der Waals surface area contributed by atoms with Crippen molar-refractivity contribution in [2.75, 3.05) is 7.11 Å². The smallest absolute Gasteiger partial charge is 0.123 e. The van der Waals surface area contributed by atoms with Crippen molar-refractivity contribution in [3.8, 4) is 5.75 Å². The molecule has 0 aromatic heterocycles. The largest absolute Gasteiger partial charge is 0.497 e. The fourth-order valence-corrected chi connectivity index (χ4v) is 1.68. The van der Waals surface area contributed by atoms with E-state index in [0.717, 1.165) is 0 Å². The monoisotopic (exact) mass is 232 g/mol. The van der Waals surface area contributed by atoms with Crippen LogP contribution in [0.5, 0.6) is 5.75 Å². The van der Waals surface area contributed by atoms with E-state index >= 15 is 0 Å². The highest BCUT2D eigenvalue weighted by atomic mass is 19.1. The van der Waals surface area contributed by atoms with Gasteiger partial charge >= 0.3 is 0 Å². The zero-order valence-electron chi connectivity index (χ0n) is 9.43. The summed E-state index contributed by atoms with van der Waals surface area (Å²) in [6.45, 7) is 0. The third-order valence-electron chi connectivity index (χ3n) is 2.57. The number of rotatable bonds is 3. The average Bonchev–Trinajstić information content (AvgIpc) is 2.38. The predicted molar refractivity (Wildman–Crippen MR) is 63.5 cm³/mol. The molecule has 0 aliphatic rings. The molecule has 2 nitrogen and oxygen atoms in total. The molecular formula is C14H13FO2. The van der Waals surface area contributed by atoms with Crippen LogP contribution in [0.25, 0.3) is 0 Å². The average molecular weight is 232 g/mol. The molecule has 88 valence electrons. The molecule has 0 bridgehead atoms. The van der Waals surface area contributed by atoms with Crippen LogP contribution >= 0.6 is 0 Å². The molecule has 1 unspecified atom stereocenters. The highest BCUT2D eigenvalue weighted by molar-refractivity contribution is 5.35. The Labute approximate surface area is 99.3 Å². The van der Waals surface area contributed by atoms with Gasteiger partial charge in [-0.3, -0.25) is 0 Å². The number of benzene rings is 2. The molecule has 3 heteroatoms. The van der Waals surface area contributed by atoms with E-state index in [1.165, 1.54) is 12.1 Å². The highest BCUT2D eigenvalue weighted by Gasteiger charge is 2.11. The summed E-state index contributed by atoms with van der Waals surface area (Å²) in [5.74, 6) is 0.308. The number of methoxy groups -OCH3 is 1. The quantitative estimate of drug-likeness (QED) is 0.881. The minimum Gasteiger partial charge on any atom is -0.497 e. The van der Waals surface area contributed by atoms with Gasteiger partial charge in [-0.2, -0.15) is 0 Å². The lowest BCUT2D eigenvalue weighted by atomic mass is 10.0. The minimum absolute atomic E-state index is 0.357. The van der Waals surface area contributed by atoms with Gasteiger partial charge in [0.2, 0.25) is 0 Å². The van der Waals surface area contributed by atoms with Gasteiger partial charge in [0.05, 0.1) is 7.11 Å². The van der Waals surface area contributed by atoms with E-state index in [4.69, 9.17) is 4.74 Å². The number of aliphatic hydroxyl groups excluding tert-OH is 1. The standard InChI is InChI=1S/C14H13FO2/c1-17-13-7-3-5-11(9-13)14(16)10-4-2-6-12(15)8-10/h2-9,14,16H,1H3. The number of hydrogen-bond donors (Lipinski definition) is 1. The number of hydrogen-bond acceptors (Lipinski definition) is 2. The molecule has 0 saturated carbocycles. The third kappa shape index (κ3) is 2.63. The molecule has 1 atom stereocenters. The Morgan fingerprint density at radius 3 is 2.35 bits per heavy atom. The Hall–Kier alpha value is -1.87. The van der Waals surface area contributed by atoms with Crippen LogP contribution in [-0.4, -0.2) is 12.2 Å². The van der Waals surface area contributed by atoms with Gasteiger partial charge in [0.1, 0.15) is 17.7 Å². The summed E-state index contributed by atoms with van der Waals surface area (Å²) in [6.07, 6.45) is -0.846. The van der Waals surface area contributed by atoms with E-state index in [-0.39, 0.29) is 5.82 Å². The molecule has 2 aromatic carbocycles. The Bertz CT molecular complexity index is 511. The first kappa shape index (κ1) is 11.6. The van der Waals surface area contributed by atoms with Crippen molar-refractivity contribution in [1.82, 2.24) is 0 Å². The Balaban J connectivity index is 2.33. The fraction of sp³-hybridized carbons (Fsp3) is 0.143. The molecule has 0 aliphatic heterocycles. The van der Waals surface area contributed by atoms with Crippen molar-refractivity contribution in [3.63, 3.8) is 0 Å². The summed E-state index contributed by atoms with van der Waals surface area (Å²) in [6, 6.07) is 13.0. The van der Waals surface area contributed by atoms with Gasteiger partial charge in [-0.1, -0.05) is 24.3 Å². The number of aliphatic hydroxyl groups is 1. The maximum atomic E-state index is 13.1. The zero-order chi connectivity index (χ0) is 12.3. The molecule has 0 radical (unpaired) electrons. The lowest BCUT2D eigenvalue weighted by molar-refractivity contribution is 0.219. The van der Waals surface area contributed by atoms with Gasteiger partial charge < -0.3 is 9.84 Å². The first-order chi connectivity index (χ1) is 8.20. The zero-order valence-corrected chi connectivity index (χ0v) is 9.43. The van der Waals surface area contributed by atoms with E-state index < -0.39 is 6.10 Å². The van der Waals surface area contributed by atoms with Gasteiger partial charge in [-0.05, 0) is 35.4 Å². The molecule has 0 amide bonds. The third-order valence-corrected chi connectivity index (χ3v) is 2.57. The van der Waals surface area contributed by atoms with Gasteiger partial charge in [-0.25, -0.2) is 4.39 Å². The lowest BCUT2D eigenvalue weighted by Gasteiger charge is -2.12. The predicted octanol–water partition coefficient (Wildman–Crippen LogP) is 2.92. The SMILES string of the molecule is COc1cccc(C(O)c2cccc(F)c2)c1. The Morgan fingerprint density at radius 1 is 1.06 bits per heavy atom. The van der Waals surface area contributed by atoms with Gasteiger partial charge in [-0.15, -0.1) is 0 Å². The topological polar surface area (TPSA) is 29.5 Å². The van der Waals surface area contributed by atoms with Crippen LogP contribution in [-0.2, 0) is 0 Å². The van der Waals surface area contributed by atoms with E-state index in [0.29, 0.717) is 16.9 Å². The van der Waals surface area contributed by atoms with Crippen LogP contribution < -0.4 is 4.74 Å². The molecule has 0 heterocycles. The molecule has 1 N–H and O–H groups in total. The number of halogens is 1. The maximum absolute atomic E-state index is 13.1. The van der Waals surface area contributed by atoms with Crippen LogP contribution in [0.2, 0.25) is 0 Å². The number of ether oxygens (including phenoxy) is 1. The van der Waals surface area contributed by atoms with E-state index in [2.05, 4.69) is 0 Å². The molecule has 2 rings (SSSR count). The second-order valence-electron chi connectivity index (χ2n) is 3.73. The summed E-state index contributed by atoms with van der Waals surface area (Å²) < 4.78 is 18.1. The summed E-state index contributed by atoms with van der Waals surface area (Å²) in [5.41, 5.74) is 1.20. The Morgan fingerprint density at radius 2 is 1.71 bits per heavy atom. The molecular weight excluding hydrogens is 219 g/mol. The van der Waals surface area contributed by atoms with Crippen LogP contribution in [0, 0.1) is 5.82 Å². The Kier molecular flexibility index (Phi) is 3.40. The minimum atomic E-state index is -0.846. The van der Waals surface area contributed by atoms with Crippen molar-refractivity contribution < 1.29 is 14.2 Å². The van der Waals surface area contributed by atoms with Crippen LogP contribution in [0.1, 0.15) is 17.2 Å². The van der Waals surface area contributed by atoms with Gasteiger partial charge in [0.15, 0.2) is 0 Å². The van der Waals surface area contributed by atoms with Crippen LogP contribution in [0.3, 0.4) is 0 Å². The maximum Gasteiger partial charge on any atom is 0.123 e. The summed E-state index contributed by atoms with van der Waals surface area (Å²) >= 11 is 0. The van der Waals surface area contributed by atoms with E-state index in [1.807, 2.05) is 0 Å². The molecule has 0 aliphatic carbocycles.